The molecule has 48 heavy (non-hydrogen) atoms. The number of rotatable bonds is 9. The van der Waals surface area contributed by atoms with Crippen LogP contribution in [-0.4, -0.2) is 94.3 Å². The summed E-state index contributed by atoms with van der Waals surface area (Å²) in [5, 5.41) is 11.5. The molecule has 0 saturated carbocycles. The van der Waals surface area contributed by atoms with Gasteiger partial charge in [0.15, 0.2) is 11.4 Å². The first-order chi connectivity index (χ1) is 23.4. The predicted octanol–water partition coefficient (Wildman–Crippen LogP) is 5.04. The van der Waals surface area contributed by atoms with Gasteiger partial charge in [-0.3, -0.25) is 19.6 Å². The van der Waals surface area contributed by atoms with Gasteiger partial charge in [0, 0.05) is 67.9 Å². The van der Waals surface area contributed by atoms with Crippen LogP contribution in [0.4, 0.5) is 5.69 Å². The van der Waals surface area contributed by atoms with Crippen molar-refractivity contribution >= 4 is 34.0 Å². The van der Waals surface area contributed by atoms with Crippen molar-refractivity contribution in [3.8, 4) is 28.4 Å². The van der Waals surface area contributed by atoms with Gasteiger partial charge in [-0.2, -0.15) is 5.10 Å². The Morgan fingerprint density at radius 3 is 2.40 bits per heavy atom. The number of amides is 2. The van der Waals surface area contributed by atoms with Gasteiger partial charge in [0.05, 0.1) is 24.9 Å². The number of methoxy groups -OCH3 is 2. The molecule has 2 N–H and O–H groups in total. The lowest BCUT2D eigenvalue weighted by atomic mass is 9.98. The lowest BCUT2D eigenvalue weighted by Gasteiger charge is -2.30. The van der Waals surface area contributed by atoms with E-state index in [1.54, 1.807) is 32.7 Å². The molecule has 0 aliphatic carbocycles. The second-order valence-electron chi connectivity index (χ2n) is 12.1. The first-order valence-electron chi connectivity index (χ1n) is 16.0. The van der Waals surface area contributed by atoms with E-state index in [2.05, 4.69) is 43.7 Å². The van der Waals surface area contributed by atoms with Crippen LogP contribution >= 0.6 is 0 Å². The van der Waals surface area contributed by atoms with Crippen LogP contribution in [0, 0.1) is 0 Å². The molecule has 0 bridgehead atoms. The molecule has 244 valence electrons. The zero-order chi connectivity index (χ0) is 33.1. The number of nitrogens with zero attached hydrogens (tertiary/aromatic N) is 5. The summed E-state index contributed by atoms with van der Waals surface area (Å²) >= 11 is 0. The minimum atomic E-state index is -1.06. The second-order valence-corrected chi connectivity index (χ2v) is 12.1. The van der Waals surface area contributed by atoms with Crippen molar-refractivity contribution < 1.29 is 19.1 Å². The smallest absolute Gasteiger partial charge is 0.258 e. The first-order valence-corrected chi connectivity index (χ1v) is 16.0. The highest BCUT2D eigenvalue weighted by molar-refractivity contribution is 6.01. The van der Waals surface area contributed by atoms with Crippen molar-refractivity contribution in [2.75, 3.05) is 52.3 Å². The van der Waals surface area contributed by atoms with E-state index < -0.39 is 5.60 Å². The molecule has 0 radical (unpaired) electrons. The largest absolute Gasteiger partial charge is 0.497 e. The van der Waals surface area contributed by atoms with Gasteiger partial charge in [-0.25, -0.2) is 9.97 Å². The van der Waals surface area contributed by atoms with Gasteiger partial charge in [-0.05, 0) is 72.5 Å². The van der Waals surface area contributed by atoms with Crippen LogP contribution < -0.4 is 10.1 Å². The van der Waals surface area contributed by atoms with Crippen molar-refractivity contribution in [1.29, 1.82) is 0 Å². The van der Waals surface area contributed by atoms with E-state index in [1.807, 2.05) is 64.4 Å². The normalized spacial score (nSPS) is 18.1. The number of carbonyl (C=O) groups excluding carboxylic acids is 2. The van der Waals surface area contributed by atoms with E-state index in [-0.39, 0.29) is 18.4 Å². The molecule has 11 heteroatoms. The van der Waals surface area contributed by atoms with Crippen LogP contribution in [0.3, 0.4) is 0 Å². The molecule has 1 atom stereocenters. The average molecular weight is 644 g/mol. The maximum Gasteiger partial charge on any atom is 0.258 e. The van der Waals surface area contributed by atoms with Crippen molar-refractivity contribution in [2.45, 2.75) is 18.4 Å². The van der Waals surface area contributed by atoms with Gasteiger partial charge in [0.1, 0.15) is 5.75 Å². The van der Waals surface area contributed by atoms with Crippen molar-refractivity contribution in [1.82, 2.24) is 30.0 Å². The Morgan fingerprint density at radius 2 is 1.69 bits per heavy atom. The second kappa shape index (κ2) is 13.4. The number of hydrogen-bond donors (Lipinski definition) is 2. The fourth-order valence-corrected chi connectivity index (χ4v) is 6.47. The summed E-state index contributed by atoms with van der Waals surface area (Å²) in [5.41, 5.74) is 5.50. The van der Waals surface area contributed by atoms with Crippen molar-refractivity contribution in [2.24, 2.45) is 0 Å². The molecular weight excluding hydrogens is 606 g/mol. The fraction of sp³-hybridized carbons (Fsp3) is 0.270. The van der Waals surface area contributed by atoms with Gasteiger partial charge in [-0.15, -0.1) is 0 Å². The number of likely N-dealkylation sites (tertiary alicyclic amines) is 1. The summed E-state index contributed by atoms with van der Waals surface area (Å²) in [4.78, 5) is 39.5. The SMILES string of the molecule is COc1ccc(-c2n[nH]c3ccc(NC(=O)[C@]4(OC)CCN(CC(=O)N5CC=C(c6ccc(-c7ncccn7)cc6)CC5)C4)cc23)cc1. The number of aromatic nitrogens is 4. The van der Waals surface area contributed by atoms with Crippen LogP contribution in [0.2, 0.25) is 0 Å². The topological polar surface area (TPSA) is 126 Å². The van der Waals surface area contributed by atoms with Gasteiger partial charge < -0.3 is 19.7 Å². The number of carbonyl (C=O) groups is 2. The molecule has 2 aliphatic heterocycles. The number of hydrogen-bond acceptors (Lipinski definition) is 8. The number of fused-ring (bicyclic) bond motifs is 1. The van der Waals surface area contributed by atoms with E-state index >= 15 is 0 Å². The Hall–Kier alpha value is -5.39. The number of benzene rings is 3. The monoisotopic (exact) mass is 643 g/mol. The van der Waals surface area contributed by atoms with Crippen LogP contribution in [0.15, 0.2) is 91.3 Å². The molecule has 0 spiro atoms. The van der Waals surface area contributed by atoms with E-state index in [1.165, 1.54) is 5.57 Å². The van der Waals surface area contributed by atoms with Crippen LogP contribution in [0.1, 0.15) is 18.4 Å². The minimum absolute atomic E-state index is 0.0469. The Balaban J connectivity index is 0.960. The number of ether oxygens (including phenoxy) is 2. The number of H-pyrrole nitrogens is 1. The molecule has 7 rings (SSSR count). The van der Waals surface area contributed by atoms with E-state index in [0.29, 0.717) is 44.1 Å². The highest BCUT2D eigenvalue weighted by Gasteiger charge is 2.45. The third-order valence-corrected chi connectivity index (χ3v) is 9.30. The molecule has 1 fully saturated rings. The standard InChI is InChI=1S/C37H37N7O4/c1-47-30-11-8-27(9-12-30)34-31-22-29(10-13-32(31)41-42-34)40-36(46)37(48-2)16-21-43(24-37)23-33(45)44-19-14-26(15-20-44)25-4-6-28(7-5-25)35-38-17-3-18-39-35/h3-14,17-18,22H,15-16,19-21,23-24H2,1-2H3,(H,40,46)(H,41,42)/t37-/m0/s1. The lowest BCUT2D eigenvalue weighted by molar-refractivity contribution is -0.138. The van der Waals surface area contributed by atoms with Gasteiger partial charge >= 0.3 is 0 Å². The summed E-state index contributed by atoms with van der Waals surface area (Å²) in [6.07, 6.45) is 6.87. The van der Waals surface area contributed by atoms with E-state index in [4.69, 9.17) is 9.47 Å². The third kappa shape index (κ3) is 6.29. The van der Waals surface area contributed by atoms with Crippen LogP contribution in [-0.2, 0) is 14.3 Å². The summed E-state index contributed by atoms with van der Waals surface area (Å²) in [7, 11) is 3.19. The average Bonchev–Trinajstić information content (AvgIpc) is 3.77. The molecule has 2 aliphatic rings. The summed E-state index contributed by atoms with van der Waals surface area (Å²) in [6.45, 7) is 2.35. The quantitative estimate of drug-likeness (QED) is 0.229. The Morgan fingerprint density at radius 1 is 0.938 bits per heavy atom. The maximum atomic E-state index is 13.7. The van der Waals surface area contributed by atoms with Gasteiger partial charge in [-0.1, -0.05) is 30.3 Å². The zero-order valence-corrected chi connectivity index (χ0v) is 27.0. The highest BCUT2D eigenvalue weighted by Crippen LogP contribution is 2.32. The molecular formula is C37H37N7O4. The summed E-state index contributed by atoms with van der Waals surface area (Å²) in [5.74, 6) is 1.28. The molecule has 5 aromatic rings. The zero-order valence-electron chi connectivity index (χ0n) is 27.0. The van der Waals surface area contributed by atoms with Gasteiger partial charge in [0.25, 0.3) is 5.91 Å². The van der Waals surface area contributed by atoms with Crippen molar-refractivity contribution in [3.63, 3.8) is 0 Å². The minimum Gasteiger partial charge on any atom is -0.497 e. The molecule has 2 aromatic heterocycles. The molecule has 0 unspecified atom stereocenters. The Kier molecular flexibility index (Phi) is 8.70. The fourth-order valence-electron chi connectivity index (χ4n) is 6.47. The maximum absolute atomic E-state index is 13.7. The summed E-state index contributed by atoms with van der Waals surface area (Å²) in [6, 6.07) is 23.4. The number of aromatic amines is 1. The number of nitrogens with one attached hydrogen (secondary N) is 2. The van der Waals surface area contributed by atoms with Crippen LogP contribution in [0.25, 0.3) is 39.1 Å². The molecule has 1 saturated heterocycles. The predicted molar refractivity (Wildman–Crippen MR) is 184 cm³/mol. The number of anilines is 1. The Bertz CT molecular complexity index is 1960. The van der Waals surface area contributed by atoms with E-state index in [9.17, 15) is 9.59 Å². The molecule has 4 heterocycles. The lowest BCUT2D eigenvalue weighted by Crippen LogP contribution is -2.48. The van der Waals surface area contributed by atoms with Gasteiger partial charge in [0.2, 0.25) is 5.91 Å². The molecule has 3 aromatic carbocycles. The van der Waals surface area contributed by atoms with Crippen LogP contribution in [0.5, 0.6) is 5.75 Å². The Labute approximate surface area is 278 Å². The summed E-state index contributed by atoms with van der Waals surface area (Å²) < 4.78 is 11.1. The first kappa shape index (κ1) is 31.2. The molecule has 2 amide bonds. The van der Waals surface area contributed by atoms with Crippen molar-refractivity contribution in [3.05, 3.63) is 96.8 Å². The van der Waals surface area contributed by atoms with E-state index in [0.717, 1.165) is 45.5 Å². The highest BCUT2D eigenvalue weighted by atomic mass is 16.5. The third-order valence-electron chi connectivity index (χ3n) is 9.30. The molecule has 11 nitrogen and oxygen atoms in total.